The summed E-state index contributed by atoms with van der Waals surface area (Å²) in [6, 6.07) is 3.21. The van der Waals surface area contributed by atoms with Crippen molar-refractivity contribution in [3.05, 3.63) is 18.3 Å². The monoisotopic (exact) mass is 399 g/mol. The fraction of sp³-hybridized carbons (Fsp3) is 0.619. The molecule has 1 spiro atoms. The Labute approximate surface area is 171 Å². The number of nitrogens with zero attached hydrogens (tertiary/aromatic N) is 3. The summed E-state index contributed by atoms with van der Waals surface area (Å²) in [5.74, 6) is 0.333. The first-order valence-electron chi connectivity index (χ1n) is 10.7. The molecule has 0 aromatic carbocycles. The summed E-state index contributed by atoms with van der Waals surface area (Å²) < 4.78 is 0. The highest BCUT2D eigenvalue weighted by atomic mass is 16.2. The van der Waals surface area contributed by atoms with Gasteiger partial charge in [0.1, 0.15) is 17.9 Å². The molecule has 29 heavy (non-hydrogen) atoms. The van der Waals surface area contributed by atoms with E-state index in [9.17, 15) is 14.4 Å². The smallest absolute Gasteiger partial charge is 0.325 e. The Bertz CT molecular complexity index is 780. The molecule has 2 saturated heterocycles. The van der Waals surface area contributed by atoms with Gasteiger partial charge in [0.05, 0.1) is 11.9 Å². The average Bonchev–Trinajstić information content (AvgIpc) is 3.33. The van der Waals surface area contributed by atoms with Crippen molar-refractivity contribution in [2.24, 2.45) is 5.92 Å². The van der Waals surface area contributed by atoms with Crippen molar-refractivity contribution < 1.29 is 14.4 Å². The zero-order valence-corrected chi connectivity index (χ0v) is 16.9. The summed E-state index contributed by atoms with van der Waals surface area (Å²) in [5.41, 5.74) is 0.220. The van der Waals surface area contributed by atoms with Crippen LogP contribution in [0.3, 0.4) is 0 Å². The molecule has 2 aliphatic heterocycles. The summed E-state index contributed by atoms with van der Waals surface area (Å²) in [6.45, 7) is 3.92. The molecule has 3 aliphatic rings. The first-order chi connectivity index (χ1) is 14.0. The molecule has 3 heterocycles. The molecule has 0 atom stereocenters. The minimum absolute atomic E-state index is 0.274. The van der Waals surface area contributed by atoms with Gasteiger partial charge in [0, 0.05) is 13.1 Å². The number of pyridine rings is 1. The molecule has 8 heteroatoms. The predicted molar refractivity (Wildman–Crippen MR) is 110 cm³/mol. The van der Waals surface area contributed by atoms with Gasteiger partial charge >= 0.3 is 6.03 Å². The molecule has 8 nitrogen and oxygen atoms in total. The van der Waals surface area contributed by atoms with Crippen molar-refractivity contribution in [1.29, 1.82) is 0 Å². The van der Waals surface area contributed by atoms with E-state index in [0.29, 0.717) is 24.6 Å². The van der Waals surface area contributed by atoms with Gasteiger partial charge in [-0.25, -0.2) is 9.78 Å². The van der Waals surface area contributed by atoms with E-state index in [4.69, 9.17) is 0 Å². The summed E-state index contributed by atoms with van der Waals surface area (Å²) in [4.78, 5) is 45.3. The molecule has 0 bridgehead atoms. The number of hydrogen-bond acceptors (Lipinski definition) is 5. The van der Waals surface area contributed by atoms with Crippen molar-refractivity contribution >= 4 is 29.4 Å². The third-order valence-electron chi connectivity index (χ3n) is 6.57. The Kier molecular flexibility index (Phi) is 5.43. The topological polar surface area (TPSA) is 94.6 Å². The average molecular weight is 399 g/mol. The number of carbonyl (C=O) groups is 3. The van der Waals surface area contributed by atoms with Gasteiger partial charge in [0.2, 0.25) is 5.91 Å². The van der Waals surface area contributed by atoms with Gasteiger partial charge in [-0.1, -0.05) is 13.3 Å². The van der Waals surface area contributed by atoms with Crippen LogP contribution in [-0.4, -0.2) is 52.9 Å². The number of carbonyl (C=O) groups excluding carboxylic acids is 3. The number of rotatable bonds is 5. The zero-order chi connectivity index (χ0) is 20.4. The highest BCUT2D eigenvalue weighted by Crippen LogP contribution is 2.37. The van der Waals surface area contributed by atoms with Gasteiger partial charge in [-0.2, -0.15) is 0 Å². The van der Waals surface area contributed by atoms with Crippen LogP contribution in [0.5, 0.6) is 0 Å². The van der Waals surface area contributed by atoms with Crippen LogP contribution in [-0.2, 0) is 9.59 Å². The van der Waals surface area contributed by atoms with Gasteiger partial charge in [-0.15, -0.1) is 0 Å². The molecule has 1 aromatic heterocycles. The minimum Gasteiger partial charge on any atom is -0.370 e. The molecule has 3 fully saturated rings. The Hall–Kier alpha value is -2.64. The molecular formula is C21H29N5O3. The van der Waals surface area contributed by atoms with Crippen molar-refractivity contribution in [3.8, 4) is 0 Å². The first kappa shape index (κ1) is 19.7. The fourth-order valence-corrected chi connectivity index (χ4v) is 4.69. The highest BCUT2D eigenvalue weighted by molar-refractivity contribution is 6.10. The Morgan fingerprint density at radius 1 is 1.24 bits per heavy atom. The molecule has 0 unspecified atom stereocenters. The maximum absolute atomic E-state index is 12.9. The van der Waals surface area contributed by atoms with Crippen LogP contribution >= 0.6 is 0 Å². The predicted octanol–water partition coefficient (Wildman–Crippen LogP) is 2.51. The summed E-state index contributed by atoms with van der Waals surface area (Å²) in [5, 5.41) is 5.55. The van der Waals surface area contributed by atoms with E-state index < -0.39 is 17.5 Å². The van der Waals surface area contributed by atoms with Crippen molar-refractivity contribution in [2.45, 2.75) is 57.4 Å². The molecular weight excluding hydrogens is 370 g/mol. The third-order valence-corrected chi connectivity index (χ3v) is 6.57. The molecule has 4 rings (SSSR count). The van der Waals surface area contributed by atoms with Crippen LogP contribution in [0.1, 0.15) is 51.9 Å². The zero-order valence-electron chi connectivity index (χ0n) is 16.9. The van der Waals surface area contributed by atoms with Crippen LogP contribution in [0.15, 0.2) is 18.3 Å². The molecule has 156 valence electrons. The van der Waals surface area contributed by atoms with E-state index in [1.54, 1.807) is 12.3 Å². The molecule has 2 N–H and O–H groups in total. The highest BCUT2D eigenvalue weighted by Gasteiger charge is 2.52. The minimum atomic E-state index is -0.821. The maximum atomic E-state index is 12.9. The molecule has 1 aliphatic carbocycles. The lowest BCUT2D eigenvalue weighted by Crippen LogP contribution is -2.49. The Balaban J connectivity index is 1.34. The third kappa shape index (κ3) is 3.93. The quantitative estimate of drug-likeness (QED) is 0.742. The summed E-state index contributed by atoms with van der Waals surface area (Å²) >= 11 is 0. The second kappa shape index (κ2) is 8.00. The summed E-state index contributed by atoms with van der Waals surface area (Å²) in [7, 11) is 0. The molecule has 0 radical (unpaired) electrons. The van der Waals surface area contributed by atoms with E-state index in [2.05, 4.69) is 27.4 Å². The van der Waals surface area contributed by atoms with Gasteiger partial charge in [-0.3, -0.25) is 14.5 Å². The van der Waals surface area contributed by atoms with E-state index in [1.807, 2.05) is 6.07 Å². The van der Waals surface area contributed by atoms with E-state index in [-0.39, 0.29) is 12.5 Å². The van der Waals surface area contributed by atoms with Crippen molar-refractivity contribution in [3.63, 3.8) is 0 Å². The molecule has 4 amide bonds. The van der Waals surface area contributed by atoms with Crippen molar-refractivity contribution in [2.75, 3.05) is 29.9 Å². The van der Waals surface area contributed by atoms with Crippen LogP contribution < -0.4 is 15.5 Å². The Morgan fingerprint density at radius 3 is 2.59 bits per heavy atom. The van der Waals surface area contributed by atoms with Gasteiger partial charge in [0.25, 0.3) is 5.91 Å². The van der Waals surface area contributed by atoms with E-state index in [0.717, 1.165) is 42.9 Å². The largest absolute Gasteiger partial charge is 0.370 e. The number of hydrogen-bond donors (Lipinski definition) is 2. The number of amides is 4. The number of imide groups is 1. The lowest BCUT2D eigenvalue weighted by Gasteiger charge is -2.34. The molecule has 1 saturated carbocycles. The lowest BCUT2D eigenvalue weighted by molar-refractivity contribution is -0.135. The van der Waals surface area contributed by atoms with Gasteiger partial charge in [-0.05, 0) is 56.6 Å². The molecule has 1 aromatic rings. The van der Waals surface area contributed by atoms with Crippen molar-refractivity contribution in [1.82, 2.24) is 15.2 Å². The maximum Gasteiger partial charge on any atom is 0.325 e. The number of urea groups is 1. The standard InChI is InChI=1S/C21H29N5O3/c1-2-15-7-9-21(10-8-15)19(28)26(20(29)24-21)14-18(27)23-17-6-5-16(13-22-17)25-11-3-4-12-25/h5-6,13,15H,2-4,7-12,14H2,1H3,(H,24,29)(H,22,23,27). The number of aromatic nitrogens is 1. The van der Waals surface area contributed by atoms with Crippen LogP contribution in [0, 0.1) is 5.92 Å². The summed E-state index contributed by atoms with van der Waals surface area (Å²) in [6.07, 6.45) is 8.35. The SMILES string of the molecule is CCC1CCC2(CC1)NC(=O)N(CC(=O)Nc1ccc(N3CCCC3)cn1)C2=O. The normalized spacial score (nSPS) is 26.9. The van der Waals surface area contributed by atoms with Crippen LogP contribution in [0.25, 0.3) is 0 Å². The van der Waals surface area contributed by atoms with Gasteiger partial charge in [0.15, 0.2) is 0 Å². The second-order valence-electron chi connectivity index (χ2n) is 8.40. The van der Waals surface area contributed by atoms with E-state index in [1.165, 1.54) is 12.8 Å². The van der Waals surface area contributed by atoms with E-state index >= 15 is 0 Å². The van der Waals surface area contributed by atoms with Crippen LogP contribution in [0.2, 0.25) is 0 Å². The first-order valence-corrected chi connectivity index (χ1v) is 10.7. The Morgan fingerprint density at radius 2 is 1.97 bits per heavy atom. The second-order valence-corrected chi connectivity index (χ2v) is 8.40. The number of nitrogens with one attached hydrogen (secondary N) is 2. The van der Waals surface area contributed by atoms with Gasteiger partial charge < -0.3 is 15.5 Å². The van der Waals surface area contributed by atoms with Crippen LogP contribution in [0.4, 0.5) is 16.3 Å². The fourth-order valence-electron chi connectivity index (χ4n) is 4.69. The number of anilines is 2. The lowest BCUT2D eigenvalue weighted by atomic mass is 9.75.